The predicted molar refractivity (Wildman–Crippen MR) is 121 cm³/mol. The van der Waals surface area contributed by atoms with Gasteiger partial charge in [-0.3, -0.25) is 4.79 Å². The Morgan fingerprint density at radius 2 is 1.58 bits per heavy atom. The summed E-state index contributed by atoms with van der Waals surface area (Å²) in [4.78, 5) is 15.1. The molecule has 2 aromatic heterocycles. The molecule has 176 valence electrons. The second-order valence-electron chi connectivity index (χ2n) is 8.00. The smallest absolute Gasteiger partial charge is 0.254 e. The molecule has 1 fully saturated rings. The summed E-state index contributed by atoms with van der Waals surface area (Å²) in [6.45, 7) is 1.36. The Hall–Kier alpha value is -3.04. The molecule has 9 heteroatoms. The first kappa shape index (κ1) is 23.1. The van der Waals surface area contributed by atoms with E-state index in [1.54, 1.807) is 47.8 Å². The summed E-state index contributed by atoms with van der Waals surface area (Å²) in [5.74, 6) is 1.11. The van der Waals surface area contributed by atoms with Crippen LogP contribution in [0.5, 0.6) is 5.75 Å². The highest BCUT2D eigenvalue weighted by Gasteiger charge is 2.30. The maximum Gasteiger partial charge on any atom is 0.254 e. The minimum Gasteiger partial charge on any atom is -0.495 e. The molecular formula is C24H28N2O6S. The van der Waals surface area contributed by atoms with Gasteiger partial charge in [0.2, 0.25) is 10.0 Å². The normalized spacial score (nSPS) is 15.2. The van der Waals surface area contributed by atoms with Crippen molar-refractivity contribution in [3.8, 4) is 5.75 Å². The van der Waals surface area contributed by atoms with Crippen molar-refractivity contribution in [2.24, 2.45) is 0 Å². The summed E-state index contributed by atoms with van der Waals surface area (Å²) in [6, 6.07) is 11.6. The Bertz CT molecular complexity index is 1110. The first-order chi connectivity index (χ1) is 16.0. The van der Waals surface area contributed by atoms with Crippen molar-refractivity contribution in [1.29, 1.82) is 0 Å². The van der Waals surface area contributed by atoms with Crippen LogP contribution in [0.3, 0.4) is 0 Å². The fourth-order valence-electron chi connectivity index (χ4n) is 4.00. The zero-order chi connectivity index (χ0) is 23.3. The van der Waals surface area contributed by atoms with Gasteiger partial charge in [-0.2, -0.15) is 4.31 Å². The van der Waals surface area contributed by atoms with Gasteiger partial charge >= 0.3 is 0 Å². The lowest BCUT2D eigenvalue weighted by Gasteiger charge is -2.23. The lowest BCUT2D eigenvalue weighted by Crippen LogP contribution is -2.33. The lowest BCUT2D eigenvalue weighted by atomic mass is 10.1. The van der Waals surface area contributed by atoms with Gasteiger partial charge in [0, 0.05) is 18.7 Å². The van der Waals surface area contributed by atoms with Crippen molar-refractivity contribution in [1.82, 2.24) is 9.21 Å². The van der Waals surface area contributed by atoms with Crippen LogP contribution in [0, 0.1) is 0 Å². The van der Waals surface area contributed by atoms with Crippen LogP contribution in [-0.4, -0.2) is 43.7 Å². The summed E-state index contributed by atoms with van der Waals surface area (Å²) >= 11 is 0. The Morgan fingerprint density at radius 1 is 0.970 bits per heavy atom. The SMILES string of the molecule is COc1ccc(C(=O)N(Cc2ccco2)Cc2ccco2)cc1S(=O)(=O)N1CCCCCC1. The van der Waals surface area contributed by atoms with E-state index in [9.17, 15) is 13.2 Å². The number of ether oxygens (including phenoxy) is 1. The summed E-state index contributed by atoms with van der Waals surface area (Å²) in [5.41, 5.74) is 0.252. The number of hydrogen-bond acceptors (Lipinski definition) is 6. The number of carbonyl (C=O) groups excluding carboxylic acids is 1. The third-order valence-electron chi connectivity index (χ3n) is 5.73. The van der Waals surface area contributed by atoms with E-state index in [1.807, 2.05) is 0 Å². The Morgan fingerprint density at radius 3 is 2.09 bits per heavy atom. The van der Waals surface area contributed by atoms with Crippen LogP contribution < -0.4 is 4.74 Å². The first-order valence-corrected chi connectivity index (χ1v) is 12.5. The summed E-state index contributed by atoms with van der Waals surface area (Å²) in [5, 5.41) is 0. The zero-order valence-corrected chi connectivity index (χ0v) is 19.4. The molecule has 3 heterocycles. The maximum absolute atomic E-state index is 13.5. The van der Waals surface area contributed by atoms with Crippen LogP contribution in [0.4, 0.5) is 0 Å². The monoisotopic (exact) mass is 472 g/mol. The number of amides is 1. The van der Waals surface area contributed by atoms with Gasteiger partial charge in [0.15, 0.2) is 0 Å². The number of carbonyl (C=O) groups is 1. The van der Waals surface area contributed by atoms with Crippen molar-refractivity contribution < 1.29 is 26.8 Å². The highest BCUT2D eigenvalue weighted by atomic mass is 32.2. The number of rotatable bonds is 8. The third-order valence-corrected chi connectivity index (χ3v) is 7.65. The number of nitrogens with zero attached hydrogens (tertiary/aromatic N) is 2. The highest BCUT2D eigenvalue weighted by Crippen LogP contribution is 2.30. The van der Waals surface area contributed by atoms with Gasteiger partial charge < -0.3 is 18.5 Å². The van der Waals surface area contributed by atoms with Gasteiger partial charge in [0.05, 0.1) is 32.7 Å². The van der Waals surface area contributed by atoms with E-state index in [4.69, 9.17) is 13.6 Å². The standard InChI is InChI=1S/C24H28N2O6S/c1-30-22-11-10-19(16-23(22)33(28,29)26-12-4-2-3-5-13-26)24(27)25(17-20-8-6-14-31-20)18-21-9-7-15-32-21/h6-11,14-16H,2-5,12-13,17-18H2,1H3. The van der Waals surface area contributed by atoms with Crippen molar-refractivity contribution in [2.75, 3.05) is 20.2 Å². The number of methoxy groups -OCH3 is 1. The molecule has 1 amide bonds. The molecule has 33 heavy (non-hydrogen) atoms. The number of benzene rings is 1. The number of furan rings is 2. The second-order valence-corrected chi connectivity index (χ2v) is 9.91. The van der Waals surface area contributed by atoms with E-state index in [0.29, 0.717) is 24.6 Å². The minimum absolute atomic E-state index is 0.00805. The van der Waals surface area contributed by atoms with Gasteiger partial charge in [0.25, 0.3) is 5.91 Å². The molecule has 8 nitrogen and oxygen atoms in total. The quantitative estimate of drug-likeness (QED) is 0.486. The molecule has 0 unspecified atom stereocenters. The molecule has 4 rings (SSSR count). The lowest BCUT2D eigenvalue weighted by molar-refractivity contribution is 0.0704. The molecule has 1 aliphatic heterocycles. The molecule has 0 N–H and O–H groups in total. The van der Waals surface area contributed by atoms with Crippen LogP contribution in [0.15, 0.2) is 68.7 Å². The molecule has 0 radical (unpaired) electrons. The molecule has 0 saturated carbocycles. The van der Waals surface area contributed by atoms with E-state index in [-0.39, 0.29) is 35.2 Å². The molecule has 1 saturated heterocycles. The van der Waals surface area contributed by atoms with Gasteiger partial charge in [0.1, 0.15) is 22.2 Å². The van der Waals surface area contributed by atoms with Crippen LogP contribution in [-0.2, 0) is 23.1 Å². The van der Waals surface area contributed by atoms with Gasteiger partial charge in [-0.1, -0.05) is 12.8 Å². The zero-order valence-electron chi connectivity index (χ0n) is 18.6. The summed E-state index contributed by atoms with van der Waals surface area (Å²) in [7, 11) is -2.38. The maximum atomic E-state index is 13.5. The fourth-order valence-corrected chi connectivity index (χ4v) is 5.69. The van der Waals surface area contributed by atoms with E-state index in [1.165, 1.54) is 23.5 Å². The molecule has 0 bridgehead atoms. The molecule has 3 aromatic rings. The average Bonchev–Trinajstić information content (AvgIpc) is 3.46. The largest absolute Gasteiger partial charge is 0.495 e. The summed E-state index contributed by atoms with van der Waals surface area (Å²) in [6.07, 6.45) is 6.75. The molecule has 1 aromatic carbocycles. The fraction of sp³-hybridized carbons (Fsp3) is 0.375. The second kappa shape index (κ2) is 10.3. The Kier molecular flexibility index (Phi) is 7.20. The molecule has 0 atom stereocenters. The van der Waals surface area contributed by atoms with E-state index in [2.05, 4.69) is 0 Å². The van der Waals surface area contributed by atoms with E-state index < -0.39 is 10.0 Å². The average molecular weight is 473 g/mol. The first-order valence-electron chi connectivity index (χ1n) is 11.0. The van der Waals surface area contributed by atoms with Crippen LogP contribution in [0.1, 0.15) is 47.6 Å². The van der Waals surface area contributed by atoms with Crippen molar-refractivity contribution >= 4 is 15.9 Å². The van der Waals surface area contributed by atoms with Crippen molar-refractivity contribution in [3.05, 3.63) is 72.1 Å². The Labute approximate surface area is 193 Å². The van der Waals surface area contributed by atoms with Crippen LogP contribution in [0.2, 0.25) is 0 Å². The minimum atomic E-state index is -3.81. The van der Waals surface area contributed by atoms with Gasteiger partial charge in [-0.25, -0.2) is 8.42 Å². The molecule has 0 spiro atoms. The number of hydrogen-bond donors (Lipinski definition) is 0. The van der Waals surface area contributed by atoms with E-state index >= 15 is 0 Å². The molecular weight excluding hydrogens is 444 g/mol. The predicted octanol–water partition coefficient (Wildman–Crippen LogP) is 4.29. The highest BCUT2D eigenvalue weighted by molar-refractivity contribution is 7.89. The van der Waals surface area contributed by atoms with Crippen LogP contribution >= 0.6 is 0 Å². The van der Waals surface area contributed by atoms with Crippen molar-refractivity contribution in [3.63, 3.8) is 0 Å². The van der Waals surface area contributed by atoms with Crippen LogP contribution in [0.25, 0.3) is 0 Å². The molecule has 1 aliphatic rings. The van der Waals surface area contributed by atoms with Gasteiger partial charge in [-0.15, -0.1) is 0 Å². The summed E-state index contributed by atoms with van der Waals surface area (Å²) < 4.78 is 44.6. The molecule has 0 aliphatic carbocycles. The van der Waals surface area contributed by atoms with E-state index in [0.717, 1.165) is 25.7 Å². The Balaban J connectivity index is 1.67. The topological polar surface area (TPSA) is 93.2 Å². The van der Waals surface area contributed by atoms with Gasteiger partial charge in [-0.05, 0) is 55.3 Å². The number of sulfonamides is 1. The third kappa shape index (κ3) is 5.31. The van der Waals surface area contributed by atoms with Crippen molar-refractivity contribution in [2.45, 2.75) is 43.7 Å².